The summed E-state index contributed by atoms with van der Waals surface area (Å²) < 4.78 is 0. The lowest BCUT2D eigenvalue weighted by molar-refractivity contribution is -0.141. The molecule has 2 N–H and O–H groups in total. The van der Waals surface area contributed by atoms with Crippen molar-refractivity contribution in [3.63, 3.8) is 0 Å². The first kappa shape index (κ1) is 13.5. The lowest BCUT2D eigenvalue weighted by atomic mass is 10.0. The Morgan fingerprint density at radius 2 is 2.12 bits per heavy atom. The van der Waals surface area contributed by atoms with Crippen molar-refractivity contribution in [3.05, 3.63) is 0 Å². The van der Waals surface area contributed by atoms with E-state index in [9.17, 15) is 9.59 Å². The fraction of sp³-hybridized carbons (Fsp3) is 0.750. The number of carbonyl (C=O) groups excluding carboxylic acids is 1. The van der Waals surface area contributed by atoms with Gasteiger partial charge in [0.2, 0.25) is 5.91 Å². The molecule has 3 atom stereocenters. The van der Waals surface area contributed by atoms with Crippen LogP contribution in [0.2, 0.25) is 0 Å². The molecule has 5 heteroatoms. The highest BCUT2D eigenvalue weighted by atomic mass is 16.4. The Bertz CT molecular complexity index is 335. The van der Waals surface area contributed by atoms with Gasteiger partial charge in [0.15, 0.2) is 0 Å². The summed E-state index contributed by atoms with van der Waals surface area (Å²) in [5, 5.41) is 20.2. The van der Waals surface area contributed by atoms with E-state index in [0.29, 0.717) is 32.1 Å². The van der Waals surface area contributed by atoms with Crippen LogP contribution in [0.3, 0.4) is 0 Å². The number of rotatable bonds is 5. The van der Waals surface area contributed by atoms with Crippen LogP contribution in [-0.2, 0) is 9.59 Å². The maximum Gasteiger partial charge on any atom is 0.306 e. The number of carboxylic acids is 1. The zero-order chi connectivity index (χ0) is 12.8. The molecule has 0 aromatic carbocycles. The van der Waals surface area contributed by atoms with E-state index in [2.05, 4.69) is 5.32 Å². The number of nitrogens with one attached hydrogen (secondary N) is 1. The predicted molar refractivity (Wildman–Crippen MR) is 60.9 cm³/mol. The van der Waals surface area contributed by atoms with Gasteiger partial charge >= 0.3 is 5.97 Å². The average molecular weight is 238 g/mol. The Hall–Kier alpha value is -1.57. The van der Waals surface area contributed by atoms with Crippen LogP contribution < -0.4 is 5.32 Å². The minimum atomic E-state index is -0.815. The third kappa shape index (κ3) is 3.74. The van der Waals surface area contributed by atoms with Gasteiger partial charge in [-0.25, -0.2) is 0 Å². The summed E-state index contributed by atoms with van der Waals surface area (Å²) in [5.74, 6) is -1.51. The van der Waals surface area contributed by atoms with Crippen molar-refractivity contribution in [3.8, 4) is 6.07 Å². The molecule has 0 radical (unpaired) electrons. The van der Waals surface area contributed by atoms with E-state index in [4.69, 9.17) is 10.4 Å². The van der Waals surface area contributed by atoms with E-state index in [-0.39, 0.29) is 23.8 Å². The number of hydrogen-bond donors (Lipinski definition) is 2. The van der Waals surface area contributed by atoms with Gasteiger partial charge in [0, 0.05) is 12.0 Å². The van der Waals surface area contributed by atoms with E-state index in [0.717, 1.165) is 0 Å². The van der Waals surface area contributed by atoms with Crippen LogP contribution in [0.5, 0.6) is 0 Å². The minimum absolute atomic E-state index is 0.101. The lowest BCUT2D eigenvalue weighted by Crippen LogP contribution is -2.37. The van der Waals surface area contributed by atoms with Gasteiger partial charge in [-0.3, -0.25) is 9.59 Å². The Morgan fingerprint density at radius 3 is 2.59 bits per heavy atom. The van der Waals surface area contributed by atoms with Crippen molar-refractivity contribution in [2.24, 2.45) is 11.8 Å². The maximum atomic E-state index is 11.8. The SMILES string of the molecule is CCC(CC#N)NC(=O)C1CCC(C(=O)O)C1. The molecule has 0 aromatic heterocycles. The summed E-state index contributed by atoms with van der Waals surface area (Å²) in [6, 6.07) is 1.92. The standard InChI is InChI=1S/C12H18N2O3/c1-2-10(5-6-13)14-11(15)8-3-4-9(7-8)12(16)17/h8-10H,2-5,7H2,1H3,(H,14,15)(H,16,17). The molecule has 94 valence electrons. The number of nitrogens with zero attached hydrogens (tertiary/aromatic N) is 1. The van der Waals surface area contributed by atoms with Crippen LogP contribution in [-0.4, -0.2) is 23.0 Å². The monoisotopic (exact) mass is 238 g/mol. The van der Waals surface area contributed by atoms with Gasteiger partial charge in [-0.1, -0.05) is 6.92 Å². The first-order valence-corrected chi connectivity index (χ1v) is 5.98. The number of carboxylic acid groups (broad SMARTS) is 1. The van der Waals surface area contributed by atoms with Gasteiger partial charge in [0.25, 0.3) is 0 Å². The molecule has 1 rings (SSSR count). The minimum Gasteiger partial charge on any atom is -0.481 e. The maximum absolute atomic E-state index is 11.8. The van der Waals surface area contributed by atoms with Crippen molar-refractivity contribution < 1.29 is 14.7 Å². The number of amides is 1. The van der Waals surface area contributed by atoms with Crippen molar-refractivity contribution in [2.75, 3.05) is 0 Å². The smallest absolute Gasteiger partial charge is 0.306 e. The van der Waals surface area contributed by atoms with Crippen LogP contribution >= 0.6 is 0 Å². The first-order chi connectivity index (χ1) is 8.08. The summed E-state index contributed by atoms with van der Waals surface area (Å²) in [6.07, 6.45) is 2.64. The van der Waals surface area contributed by atoms with Crippen molar-refractivity contribution >= 4 is 11.9 Å². The Balaban J connectivity index is 2.44. The van der Waals surface area contributed by atoms with Crippen LogP contribution in [0, 0.1) is 23.2 Å². The highest BCUT2D eigenvalue weighted by Gasteiger charge is 2.34. The second-order valence-electron chi connectivity index (χ2n) is 4.52. The molecule has 0 aromatic rings. The normalized spacial score (nSPS) is 24.9. The van der Waals surface area contributed by atoms with E-state index >= 15 is 0 Å². The first-order valence-electron chi connectivity index (χ1n) is 5.98. The van der Waals surface area contributed by atoms with Crippen LogP contribution in [0.25, 0.3) is 0 Å². The quantitative estimate of drug-likeness (QED) is 0.755. The van der Waals surface area contributed by atoms with Gasteiger partial charge in [0.1, 0.15) is 0 Å². The van der Waals surface area contributed by atoms with Gasteiger partial charge in [-0.2, -0.15) is 5.26 Å². The van der Waals surface area contributed by atoms with E-state index in [1.807, 2.05) is 13.0 Å². The summed E-state index contributed by atoms with van der Waals surface area (Å²) in [4.78, 5) is 22.6. The van der Waals surface area contributed by atoms with Crippen LogP contribution in [0.1, 0.15) is 39.0 Å². The predicted octanol–water partition coefficient (Wildman–Crippen LogP) is 1.30. The molecule has 1 aliphatic rings. The van der Waals surface area contributed by atoms with E-state index in [1.54, 1.807) is 0 Å². The molecular weight excluding hydrogens is 220 g/mol. The molecule has 0 aliphatic heterocycles. The molecule has 1 aliphatic carbocycles. The molecular formula is C12H18N2O3. The second-order valence-corrected chi connectivity index (χ2v) is 4.52. The Morgan fingerprint density at radius 1 is 1.47 bits per heavy atom. The summed E-state index contributed by atoms with van der Waals surface area (Å²) in [5.41, 5.74) is 0. The van der Waals surface area contributed by atoms with Crippen LogP contribution in [0.4, 0.5) is 0 Å². The van der Waals surface area contributed by atoms with Gasteiger partial charge in [0.05, 0.1) is 18.4 Å². The number of carbonyl (C=O) groups is 2. The van der Waals surface area contributed by atoms with E-state index in [1.165, 1.54) is 0 Å². The summed E-state index contributed by atoms with van der Waals surface area (Å²) >= 11 is 0. The Kier molecular flexibility index (Phi) is 4.95. The zero-order valence-corrected chi connectivity index (χ0v) is 9.98. The van der Waals surface area contributed by atoms with Crippen molar-refractivity contribution in [1.29, 1.82) is 5.26 Å². The van der Waals surface area contributed by atoms with Gasteiger partial charge in [-0.05, 0) is 25.7 Å². The summed E-state index contributed by atoms with van der Waals surface area (Å²) in [7, 11) is 0. The number of hydrogen-bond acceptors (Lipinski definition) is 3. The third-order valence-corrected chi connectivity index (χ3v) is 3.33. The van der Waals surface area contributed by atoms with Crippen LogP contribution in [0.15, 0.2) is 0 Å². The molecule has 1 fully saturated rings. The second kappa shape index (κ2) is 6.24. The molecule has 5 nitrogen and oxygen atoms in total. The highest BCUT2D eigenvalue weighted by Crippen LogP contribution is 2.31. The number of aliphatic carboxylic acids is 1. The fourth-order valence-corrected chi connectivity index (χ4v) is 2.17. The summed E-state index contributed by atoms with van der Waals surface area (Å²) in [6.45, 7) is 1.91. The number of nitriles is 1. The third-order valence-electron chi connectivity index (χ3n) is 3.33. The molecule has 0 spiro atoms. The topological polar surface area (TPSA) is 90.2 Å². The Labute approximate surface area is 101 Å². The molecule has 3 unspecified atom stereocenters. The van der Waals surface area contributed by atoms with Gasteiger partial charge < -0.3 is 10.4 Å². The molecule has 0 heterocycles. The molecule has 0 saturated heterocycles. The van der Waals surface area contributed by atoms with Crippen molar-refractivity contribution in [2.45, 2.75) is 45.1 Å². The molecule has 1 amide bonds. The zero-order valence-electron chi connectivity index (χ0n) is 9.98. The molecule has 0 bridgehead atoms. The highest BCUT2D eigenvalue weighted by molar-refractivity contribution is 5.81. The lowest BCUT2D eigenvalue weighted by Gasteiger charge is -2.16. The van der Waals surface area contributed by atoms with Gasteiger partial charge in [-0.15, -0.1) is 0 Å². The fourth-order valence-electron chi connectivity index (χ4n) is 2.17. The largest absolute Gasteiger partial charge is 0.481 e. The molecule has 1 saturated carbocycles. The molecule has 17 heavy (non-hydrogen) atoms. The van der Waals surface area contributed by atoms with E-state index < -0.39 is 5.97 Å². The van der Waals surface area contributed by atoms with Crippen molar-refractivity contribution in [1.82, 2.24) is 5.32 Å². The average Bonchev–Trinajstić information content (AvgIpc) is 2.77.